The smallest absolute Gasteiger partial charge is 0.0864 e. The number of nitrogens with zero attached hydrogens (tertiary/aromatic N) is 1. The van der Waals surface area contributed by atoms with E-state index in [0.29, 0.717) is 5.92 Å². The Kier molecular flexibility index (Phi) is 3.82. The van der Waals surface area contributed by atoms with Gasteiger partial charge in [0.2, 0.25) is 0 Å². The van der Waals surface area contributed by atoms with Crippen molar-refractivity contribution in [3.63, 3.8) is 0 Å². The Morgan fingerprint density at radius 1 is 1.05 bits per heavy atom. The molecule has 0 aromatic heterocycles. The van der Waals surface area contributed by atoms with Crippen LogP contribution in [-0.2, 0) is 6.42 Å². The van der Waals surface area contributed by atoms with Gasteiger partial charge < -0.3 is 5.32 Å². The maximum Gasteiger partial charge on any atom is 0.0864 e. The van der Waals surface area contributed by atoms with Crippen LogP contribution in [-0.4, -0.2) is 18.3 Å². The van der Waals surface area contributed by atoms with Crippen molar-refractivity contribution in [1.82, 2.24) is 5.32 Å². The summed E-state index contributed by atoms with van der Waals surface area (Å²) < 4.78 is 0. The van der Waals surface area contributed by atoms with Crippen LogP contribution in [0.15, 0.2) is 52.3 Å². The van der Waals surface area contributed by atoms with Gasteiger partial charge in [-0.1, -0.05) is 36.0 Å². The minimum absolute atomic E-state index is 0.711. The van der Waals surface area contributed by atoms with Crippen LogP contribution in [0.2, 0.25) is 0 Å². The standard InChI is InChI=1S/C18H20N2OS/c21-20-15-5-1-2-6-16(15)22-17-7-3-4-14(18(17)20)12-13-8-10-19-11-9-13/h1-7,13,19,21H,8-12H2. The molecule has 0 unspecified atom stereocenters. The number of piperidine rings is 1. The van der Waals surface area contributed by atoms with Gasteiger partial charge in [0, 0.05) is 9.79 Å². The molecule has 1 fully saturated rings. The highest BCUT2D eigenvalue weighted by atomic mass is 32.2. The fourth-order valence-electron chi connectivity index (χ4n) is 3.41. The molecule has 2 aliphatic rings. The van der Waals surface area contributed by atoms with Crippen LogP contribution in [0, 0.1) is 5.92 Å². The fourth-order valence-corrected chi connectivity index (χ4v) is 4.51. The first-order chi connectivity index (χ1) is 10.8. The highest BCUT2D eigenvalue weighted by molar-refractivity contribution is 7.99. The zero-order chi connectivity index (χ0) is 14.9. The summed E-state index contributed by atoms with van der Waals surface area (Å²) in [5.74, 6) is 0.711. The van der Waals surface area contributed by atoms with Crippen LogP contribution in [0.5, 0.6) is 0 Å². The van der Waals surface area contributed by atoms with E-state index in [9.17, 15) is 5.21 Å². The normalized spacial score (nSPS) is 18.0. The molecule has 4 rings (SSSR count). The lowest BCUT2D eigenvalue weighted by atomic mass is 9.90. The number of hydrogen-bond donors (Lipinski definition) is 2. The van der Waals surface area contributed by atoms with E-state index in [1.54, 1.807) is 11.8 Å². The third-order valence-corrected chi connectivity index (χ3v) is 5.69. The van der Waals surface area contributed by atoms with E-state index >= 15 is 0 Å². The predicted molar refractivity (Wildman–Crippen MR) is 90.2 cm³/mol. The van der Waals surface area contributed by atoms with Gasteiger partial charge in [-0.05, 0) is 62.0 Å². The molecule has 2 aromatic carbocycles. The molecule has 0 bridgehead atoms. The monoisotopic (exact) mass is 312 g/mol. The van der Waals surface area contributed by atoms with Gasteiger partial charge in [-0.15, -0.1) is 0 Å². The van der Waals surface area contributed by atoms with Gasteiger partial charge >= 0.3 is 0 Å². The van der Waals surface area contributed by atoms with Gasteiger partial charge in [0.05, 0.1) is 11.4 Å². The second-order valence-electron chi connectivity index (χ2n) is 6.04. The molecule has 0 aliphatic carbocycles. The highest BCUT2D eigenvalue weighted by Crippen LogP contribution is 2.48. The summed E-state index contributed by atoms with van der Waals surface area (Å²) in [5, 5.41) is 15.5. The van der Waals surface area contributed by atoms with Crippen LogP contribution in [0.1, 0.15) is 18.4 Å². The number of benzene rings is 2. The molecular formula is C18H20N2OS. The first kappa shape index (κ1) is 14.1. The first-order valence-electron chi connectivity index (χ1n) is 7.91. The lowest BCUT2D eigenvalue weighted by Gasteiger charge is -2.31. The Morgan fingerprint density at radius 2 is 1.82 bits per heavy atom. The zero-order valence-corrected chi connectivity index (χ0v) is 13.3. The summed E-state index contributed by atoms with van der Waals surface area (Å²) in [6, 6.07) is 14.4. The summed E-state index contributed by atoms with van der Waals surface area (Å²) in [6.45, 7) is 2.22. The maximum atomic E-state index is 10.7. The Bertz CT molecular complexity index is 683. The molecule has 4 heteroatoms. The first-order valence-corrected chi connectivity index (χ1v) is 8.73. The molecule has 2 aliphatic heterocycles. The van der Waals surface area contributed by atoms with Crippen molar-refractivity contribution in [3.8, 4) is 0 Å². The Hall–Kier alpha value is -1.49. The number of nitrogens with one attached hydrogen (secondary N) is 1. The number of fused-ring (bicyclic) bond motifs is 2. The number of para-hydroxylation sites is 2. The largest absolute Gasteiger partial charge is 0.317 e. The van der Waals surface area contributed by atoms with E-state index in [1.165, 1.54) is 23.5 Å². The van der Waals surface area contributed by atoms with Crippen molar-refractivity contribution < 1.29 is 5.21 Å². The van der Waals surface area contributed by atoms with Gasteiger partial charge in [0.1, 0.15) is 0 Å². The van der Waals surface area contributed by atoms with Crippen molar-refractivity contribution in [2.75, 3.05) is 18.2 Å². The molecule has 2 aromatic rings. The van der Waals surface area contributed by atoms with Gasteiger partial charge in [-0.3, -0.25) is 5.21 Å². The molecular weight excluding hydrogens is 292 g/mol. The SMILES string of the molecule is ON1c2ccccc2Sc2cccc(CC3CCNCC3)c21. The van der Waals surface area contributed by atoms with Crippen LogP contribution in [0.3, 0.4) is 0 Å². The summed E-state index contributed by atoms with van der Waals surface area (Å²) in [5.41, 5.74) is 3.12. The van der Waals surface area contributed by atoms with Crippen LogP contribution in [0.25, 0.3) is 0 Å². The molecule has 2 heterocycles. The summed E-state index contributed by atoms with van der Waals surface area (Å²) >= 11 is 1.75. The molecule has 2 N–H and O–H groups in total. The van der Waals surface area contributed by atoms with E-state index in [-0.39, 0.29) is 0 Å². The summed E-state index contributed by atoms with van der Waals surface area (Å²) in [6.07, 6.45) is 3.49. The molecule has 1 saturated heterocycles. The fraction of sp³-hybridized carbons (Fsp3) is 0.333. The summed E-state index contributed by atoms with van der Waals surface area (Å²) in [4.78, 5) is 2.25. The molecule has 0 radical (unpaired) electrons. The number of hydrogen-bond acceptors (Lipinski definition) is 4. The highest BCUT2D eigenvalue weighted by Gasteiger charge is 2.26. The minimum atomic E-state index is 0.711. The third kappa shape index (κ3) is 2.51. The second-order valence-corrected chi connectivity index (χ2v) is 7.13. The van der Waals surface area contributed by atoms with E-state index < -0.39 is 0 Å². The topological polar surface area (TPSA) is 35.5 Å². The molecule has 0 amide bonds. The third-order valence-electron chi connectivity index (χ3n) is 4.58. The van der Waals surface area contributed by atoms with Crippen molar-refractivity contribution in [2.45, 2.75) is 29.1 Å². The van der Waals surface area contributed by atoms with Crippen LogP contribution in [0.4, 0.5) is 11.4 Å². The molecule has 22 heavy (non-hydrogen) atoms. The predicted octanol–water partition coefficient (Wildman–Crippen LogP) is 4.22. The summed E-state index contributed by atoms with van der Waals surface area (Å²) in [7, 11) is 0. The van der Waals surface area contributed by atoms with Crippen molar-refractivity contribution >= 4 is 23.1 Å². The molecule has 0 saturated carbocycles. The van der Waals surface area contributed by atoms with Crippen molar-refractivity contribution in [1.29, 1.82) is 0 Å². The second kappa shape index (κ2) is 5.95. The van der Waals surface area contributed by atoms with E-state index in [4.69, 9.17) is 0 Å². The lowest BCUT2D eigenvalue weighted by molar-refractivity contribution is 0.294. The minimum Gasteiger partial charge on any atom is -0.317 e. The molecule has 0 spiro atoms. The molecule has 114 valence electrons. The van der Waals surface area contributed by atoms with Gasteiger partial charge in [0.25, 0.3) is 0 Å². The quantitative estimate of drug-likeness (QED) is 0.870. The number of anilines is 2. The zero-order valence-electron chi connectivity index (χ0n) is 12.5. The lowest BCUT2D eigenvalue weighted by Crippen LogP contribution is -2.29. The number of rotatable bonds is 2. The Balaban J connectivity index is 1.69. The van der Waals surface area contributed by atoms with Gasteiger partial charge in [-0.2, -0.15) is 0 Å². The van der Waals surface area contributed by atoms with Gasteiger partial charge in [0.15, 0.2) is 0 Å². The average Bonchev–Trinajstić information content (AvgIpc) is 2.56. The Labute approximate surface area is 135 Å². The molecule has 3 nitrogen and oxygen atoms in total. The van der Waals surface area contributed by atoms with Crippen molar-refractivity contribution in [2.24, 2.45) is 5.92 Å². The van der Waals surface area contributed by atoms with Crippen LogP contribution < -0.4 is 10.4 Å². The Morgan fingerprint density at radius 3 is 2.68 bits per heavy atom. The maximum absolute atomic E-state index is 10.7. The van der Waals surface area contributed by atoms with E-state index in [0.717, 1.165) is 40.7 Å². The van der Waals surface area contributed by atoms with Crippen molar-refractivity contribution in [3.05, 3.63) is 48.0 Å². The molecule has 0 atom stereocenters. The van der Waals surface area contributed by atoms with E-state index in [1.807, 2.05) is 18.2 Å². The van der Waals surface area contributed by atoms with E-state index in [2.05, 4.69) is 29.6 Å². The van der Waals surface area contributed by atoms with Gasteiger partial charge in [-0.25, -0.2) is 5.06 Å². The van der Waals surface area contributed by atoms with Crippen LogP contribution >= 0.6 is 11.8 Å². The average molecular weight is 312 g/mol.